The lowest BCUT2D eigenvalue weighted by Crippen LogP contribution is -2.53. The van der Waals surface area contributed by atoms with Gasteiger partial charge in [0.05, 0.1) is 0 Å². The van der Waals surface area contributed by atoms with Gasteiger partial charge in [0.1, 0.15) is 0 Å². The van der Waals surface area contributed by atoms with Crippen LogP contribution in [-0.2, 0) is 0 Å². The van der Waals surface area contributed by atoms with Crippen molar-refractivity contribution in [3.8, 4) is 0 Å². The smallest absolute Gasteiger partial charge is 0.0195 e. The summed E-state index contributed by atoms with van der Waals surface area (Å²) in [6, 6.07) is 0.629. The predicted molar refractivity (Wildman–Crippen MR) is 55.6 cm³/mol. The molecule has 1 aliphatic rings. The third kappa shape index (κ3) is 3.23. The fraction of sp³-hybridized carbons (Fsp3) is 1.00. The summed E-state index contributed by atoms with van der Waals surface area (Å²) < 4.78 is 0. The zero-order valence-corrected chi connectivity index (χ0v) is 8.58. The second-order valence-electron chi connectivity index (χ2n) is 3.76. The van der Waals surface area contributed by atoms with Crippen LogP contribution in [0, 0.1) is 0 Å². The summed E-state index contributed by atoms with van der Waals surface area (Å²) in [5.74, 6) is 0. The number of hydrogen-bond acceptors (Lipinski definition) is 4. The van der Waals surface area contributed by atoms with Gasteiger partial charge in [-0.15, -0.1) is 0 Å². The molecule has 78 valence electrons. The SMILES string of the molecule is C[C@@H]1CN(CCN)CCN1CCN. The molecule has 1 fully saturated rings. The Balaban J connectivity index is 2.28. The molecule has 0 saturated carbocycles. The third-order valence-electron chi connectivity index (χ3n) is 2.71. The zero-order chi connectivity index (χ0) is 9.68. The van der Waals surface area contributed by atoms with Crippen molar-refractivity contribution >= 4 is 0 Å². The van der Waals surface area contributed by atoms with E-state index in [1.165, 1.54) is 0 Å². The van der Waals surface area contributed by atoms with E-state index in [4.69, 9.17) is 11.5 Å². The van der Waals surface area contributed by atoms with Gasteiger partial charge in [0.15, 0.2) is 0 Å². The van der Waals surface area contributed by atoms with Crippen molar-refractivity contribution in [3.63, 3.8) is 0 Å². The molecule has 4 N–H and O–H groups in total. The van der Waals surface area contributed by atoms with Crippen LogP contribution < -0.4 is 11.5 Å². The normalized spacial score (nSPS) is 26.5. The first-order valence-corrected chi connectivity index (χ1v) is 5.14. The lowest BCUT2D eigenvalue weighted by Gasteiger charge is -2.39. The van der Waals surface area contributed by atoms with Gasteiger partial charge >= 0.3 is 0 Å². The molecule has 0 aromatic carbocycles. The Kier molecular flexibility index (Phi) is 4.66. The Bertz CT molecular complexity index is 140. The summed E-state index contributed by atoms with van der Waals surface area (Å²) in [6.07, 6.45) is 0. The van der Waals surface area contributed by atoms with Crippen LogP contribution in [-0.4, -0.2) is 61.7 Å². The molecule has 1 saturated heterocycles. The summed E-state index contributed by atoms with van der Waals surface area (Å²) in [4.78, 5) is 4.88. The highest BCUT2D eigenvalue weighted by molar-refractivity contribution is 4.79. The van der Waals surface area contributed by atoms with Crippen LogP contribution in [0.25, 0.3) is 0 Å². The fourth-order valence-electron chi connectivity index (χ4n) is 1.95. The van der Waals surface area contributed by atoms with Crippen molar-refractivity contribution in [1.82, 2.24) is 9.80 Å². The number of nitrogens with two attached hydrogens (primary N) is 2. The van der Waals surface area contributed by atoms with E-state index in [1.54, 1.807) is 0 Å². The summed E-state index contributed by atoms with van der Waals surface area (Å²) in [5.41, 5.74) is 11.1. The average Bonchev–Trinajstić information content (AvgIpc) is 2.10. The second kappa shape index (κ2) is 5.54. The Morgan fingerprint density at radius 3 is 2.38 bits per heavy atom. The maximum atomic E-state index is 5.54. The van der Waals surface area contributed by atoms with E-state index in [1.807, 2.05) is 0 Å². The highest BCUT2D eigenvalue weighted by Crippen LogP contribution is 2.07. The molecule has 1 atom stereocenters. The zero-order valence-electron chi connectivity index (χ0n) is 8.58. The van der Waals surface area contributed by atoms with E-state index < -0.39 is 0 Å². The van der Waals surface area contributed by atoms with Crippen molar-refractivity contribution in [3.05, 3.63) is 0 Å². The Morgan fingerprint density at radius 1 is 1.15 bits per heavy atom. The number of hydrogen-bond donors (Lipinski definition) is 2. The van der Waals surface area contributed by atoms with Gasteiger partial charge < -0.3 is 11.5 Å². The average molecular weight is 186 g/mol. The maximum Gasteiger partial charge on any atom is 0.0195 e. The summed E-state index contributed by atoms with van der Waals surface area (Å²) >= 11 is 0. The molecule has 0 amide bonds. The number of rotatable bonds is 4. The van der Waals surface area contributed by atoms with Crippen LogP contribution in [0.5, 0.6) is 0 Å². The minimum Gasteiger partial charge on any atom is -0.329 e. The van der Waals surface area contributed by atoms with E-state index in [-0.39, 0.29) is 0 Å². The van der Waals surface area contributed by atoms with Gasteiger partial charge in [-0.05, 0) is 6.92 Å². The highest BCUT2D eigenvalue weighted by atomic mass is 15.3. The van der Waals surface area contributed by atoms with Gasteiger partial charge in [0, 0.05) is 51.9 Å². The van der Waals surface area contributed by atoms with Gasteiger partial charge in [-0.1, -0.05) is 0 Å². The van der Waals surface area contributed by atoms with Crippen molar-refractivity contribution in [2.24, 2.45) is 11.5 Å². The van der Waals surface area contributed by atoms with Gasteiger partial charge in [0.2, 0.25) is 0 Å². The minimum absolute atomic E-state index is 0.629. The molecule has 1 aliphatic heterocycles. The van der Waals surface area contributed by atoms with Crippen LogP contribution in [0.1, 0.15) is 6.92 Å². The highest BCUT2D eigenvalue weighted by Gasteiger charge is 2.21. The minimum atomic E-state index is 0.629. The van der Waals surface area contributed by atoms with E-state index in [0.29, 0.717) is 6.04 Å². The lowest BCUT2D eigenvalue weighted by molar-refractivity contribution is 0.0882. The van der Waals surface area contributed by atoms with Crippen LogP contribution in [0.2, 0.25) is 0 Å². The lowest BCUT2D eigenvalue weighted by atomic mass is 10.2. The number of piperazine rings is 1. The largest absolute Gasteiger partial charge is 0.329 e. The predicted octanol–water partition coefficient (Wildman–Crippen LogP) is -1.09. The van der Waals surface area contributed by atoms with Crippen LogP contribution in [0.15, 0.2) is 0 Å². The van der Waals surface area contributed by atoms with E-state index in [0.717, 1.165) is 45.8 Å². The molecule has 4 nitrogen and oxygen atoms in total. The first-order valence-electron chi connectivity index (χ1n) is 5.14. The standard InChI is InChI=1S/C9H22N4/c1-9-8-12(4-2-10)6-7-13(9)5-3-11/h9H,2-8,10-11H2,1H3/t9-/m1/s1. The first-order chi connectivity index (χ1) is 6.27. The quantitative estimate of drug-likeness (QED) is 0.586. The molecule has 1 rings (SSSR count). The van der Waals surface area contributed by atoms with Crippen molar-refractivity contribution in [2.45, 2.75) is 13.0 Å². The molecule has 0 unspecified atom stereocenters. The fourth-order valence-corrected chi connectivity index (χ4v) is 1.95. The summed E-state index contributed by atoms with van der Waals surface area (Å²) in [6.45, 7) is 9.26. The summed E-state index contributed by atoms with van der Waals surface area (Å²) in [5, 5.41) is 0. The molecule has 0 spiro atoms. The monoisotopic (exact) mass is 186 g/mol. The van der Waals surface area contributed by atoms with Crippen molar-refractivity contribution < 1.29 is 0 Å². The topological polar surface area (TPSA) is 58.5 Å². The van der Waals surface area contributed by atoms with E-state index in [2.05, 4.69) is 16.7 Å². The molecule has 4 heteroatoms. The second-order valence-corrected chi connectivity index (χ2v) is 3.76. The molecule has 0 aromatic heterocycles. The third-order valence-corrected chi connectivity index (χ3v) is 2.71. The van der Waals surface area contributed by atoms with Gasteiger partial charge in [-0.25, -0.2) is 0 Å². The van der Waals surface area contributed by atoms with Crippen molar-refractivity contribution in [2.75, 3.05) is 45.8 Å². The van der Waals surface area contributed by atoms with Crippen LogP contribution in [0.4, 0.5) is 0 Å². The summed E-state index contributed by atoms with van der Waals surface area (Å²) in [7, 11) is 0. The van der Waals surface area contributed by atoms with Crippen LogP contribution in [0.3, 0.4) is 0 Å². The molecular weight excluding hydrogens is 164 g/mol. The van der Waals surface area contributed by atoms with Crippen molar-refractivity contribution in [1.29, 1.82) is 0 Å². The first kappa shape index (κ1) is 10.9. The Morgan fingerprint density at radius 2 is 1.85 bits per heavy atom. The van der Waals surface area contributed by atoms with Gasteiger partial charge in [-0.3, -0.25) is 9.80 Å². The molecule has 0 aliphatic carbocycles. The Labute approximate surface area is 80.9 Å². The molecule has 0 bridgehead atoms. The molecular formula is C9H22N4. The molecule has 0 radical (unpaired) electrons. The molecule has 1 heterocycles. The van der Waals surface area contributed by atoms with Gasteiger partial charge in [-0.2, -0.15) is 0 Å². The molecule has 0 aromatic rings. The maximum absolute atomic E-state index is 5.54. The Hall–Kier alpha value is -0.160. The van der Waals surface area contributed by atoms with E-state index in [9.17, 15) is 0 Å². The van der Waals surface area contributed by atoms with Crippen LogP contribution >= 0.6 is 0 Å². The number of nitrogens with zero attached hydrogens (tertiary/aromatic N) is 2. The van der Waals surface area contributed by atoms with E-state index >= 15 is 0 Å². The van der Waals surface area contributed by atoms with Gasteiger partial charge in [0.25, 0.3) is 0 Å². The molecule has 13 heavy (non-hydrogen) atoms.